The van der Waals surface area contributed by atoms with Crippen molar-refractivity contribution in [2.45, 2.75) is 0 Å². The standard InChI is InChI=1S/C32H64N4O15/c1-40-6-7-42-10-11-44-14-15-46-18-19-48-22-23-50-26-27-51-25-24-49-21-20-47-17-16-45-13-12-43-9-8-41-5-4-35-32(39)29-36(30-37)28-31(38)34-3-2-33/h30H,2-29,33H2,1H3,(H,34,38)(H,35,39). The summed E-state index contributed by atoms with van der Waals surface area (Å²) < 4.78 is 64.6. The number of methoxy groups -OCH3 is 1. The predicted molar refractivity (Wildman–Crippen MR) is 184 cm³/mol. The van der Waals surface area contributed by atoms with E-state index in [1.807, 2.05) is 0 Å². The van der Waals surface area contributed by atoms with E-state index in [4.69, 9.17) is 62.6 Å². The number of nitrogens with two attached hydrogens (primary N) is 1. The summed E-state index contributed by atoms with van der Waals surface area (Å²) in [6, 6.07) is 0. The molecule has 4 N–H and O–H groups in total. The van der Waals surface area contributed by atoms with E-state index in [0.717, 1.165) is 4.90 Å². The Bertz CT molecular complexity index is 762. The number of nitrogens with one attached hydrogen (secondary N) is 2. The zero-order valence-electron chi connectivity index (χ0n) is 30.5. The molecule has 0 aromatic rings. The van der Waals surface area contributed by atoms with Gasteiger partial charge in [0.05, 0.1) is 165 Å². The molecule has 3 amide bonds. The van der Waals surface area contributed by atoms with Gasteiger partial charge < -0.3 is 78.1 Å². The summed E-state index contributed by atoms with van der Waals surface area (Å²) in [5.74, 6) is -0.772. The number of carbonyl (C=O) groups excluding carboxylic acids is 3. The summed E-state index contributed by atoms with van der Waals surface area (Å²) in [5, 5.41) is 5.15. The molecule has 302 valence electrons. The van der Waals surface area contributed by atoms with Gasteiger partial charge in [-0.05, 0) is 0 Å². The molecule has 0 aliphatic carbocycles. The van der Waals surface area contributed by atoms with Crippen molar-refractivity contribution in [2.75, 3.05) is 192 Å². The smallest absolute Gasteiger partial charge is 0.239 e. The summed E-state index contributed by atoms with van der Waals surface area (Å²) in [6.45, 7) is 11.3. The SMILES string of the molecule is COCCOCCOCCOCCOCCOCCOCCOCCOCCOCCOCCOCCNC(=O)CN(C=O)CC(=O)NCCN. The van der Waals surface area contributed by atoms with Gasteiger partial charge in [-0.25, -0.2) is 0 Å². The molecule has 0 unspecified atom stereocenters. The summed E-state index contributed by atoms with van der Waals surface area (Å²) in [4.78, 5) is 35.6. The number of rotatable bonds is 43. The summed E-state index contributed by atoms with van der Waals surface area (Å²) >= 11 is 0. The van der Waals surface area contributed by atoms with Crippen LogP contribution in [0.1, 0.15) is 0 Å². The maximum atomic E-state index is 11.9. The average molecular weight is 745 g/mol. The Hall–Kier alpha value is -2.11. The zero-order chi connectivity index (χ0) is 37.1. The van der Waals surface area contributed by atoms with E-state index in [-0.39, 0.29) is 32.1 Å². The van der Waals surface area contributed by atoms with E-state index < -0.39 is 5.91 Å². The second-order valence-electron chi connectivity index (χ2n) is 10.2. The third kappa shape index (κ3) is 40.5. The van der Waals surface area contributed by atoms with Gasteiger partial charge in [-0.2, -0.15) is 0 Å². The molecule has 0 rings (SSSR count). The molecule has 0 aromatic heterocycles. The van der Waals surface area contributed by atoms with Crippen molar-refractivity contribution >= 4 is 18.2 Å². The van der Waals surface area contributed by atoms with E-state index in [0.29, 0.717) is 165 Å². The first kappa shape index (κ1) is 48.9. The molecule has 0 atom stereocenters. The van der Waals surface area contributed by atoms with Crippen LogP contribution in [-0.2, 0) is 71.2 Å². The van der Waals surface area contributed by atoms with Crippen LogP contribution in [0.4, 0.5) is 0 Å². The molecule has 0 aliphatic heterocycles. The van der Waals surface area contributed by atoms with Crippen LogP contribution < -0.4 is 16.4 Å². The van der Waals surface area contributed by atoms with Gasteiger partial charge in [-0.1, -0.05) is 0 Å². The van der Waals surface area contributed by atoms with Crippen LogP contribution in [0, 0.1) is 0 Å². The minimum Gasteiger partial charge on any atom is -0.382 e. The van der Waals surface area contributed by atoms with E-state index in [1.54, 1.807) is 7.11 Å². The molecular formula is C32H64N4O15. The van der Waals surface area contributed by atoms with Crippen molar-refractivity contribution in [3.63, 3.8) is 0 Å². The Morgan fingerprint density at radius 1 is 0.451 bits per heavy atom. The van der Waals surface area contributed by atoms with Crippen molar-refractivity contribution in [3.05, 3.63) is 0 Å². The molecule has 0 heterocycles. The van der Waals surface area contributed by atoms with Crippen molar-refractivity contribution in [2.24, 2.45) is 5.73 Å². The van der Waals surface area contributed by atoms with Crippen LogP contribution in [0.3, 0.4) is 0 Å². The van der Waals surface area contributed by atoms with Crippen LogP contribution in [0.15, 0.2) is 0 Å². The number of hydrogen-bond donors (Lipinski definition) is 3. The minimum absolute atomic E-state index is 0.214. The number of hydrogen-bond acceptors (Lipinski definition) is 16. The Labute approximate surface area is 302 Å². The lowest BCUT2D eigenvalue weighted by Crippen LogP contribution is -2.43. The molecule has 0 saturated carbocycles. The first-order valence-electron chi connectivity index (χ1n) is 17.4. The fourth-order valence-corrected chi connectivity index (χ4v) is 3.53. The highest BCUT2D eigenvalue weighted by Crippen LogP contribution is 1.88. The molecule has 51 heavy (non-hydrogen) atoms. The third-order valence-corrected chi connectivity index (χ3v) is 6.03. The maximum Gasteiger partial charge on any atom is 0.239 e. The van der Waals surface area contributed by atoms with Crippen LogP contribution in [0.5, 0.6) is 0 Å². The fraction of sp³-hybridized carbons (Fsp3) is 0.906. The highest BCUT2D eigenvalue weighted by molar-refractivity contribution is 5.83. The number of amides is 3. The fourth-order valence-electron chi connectivity index (χ4n) is 3.53. The van der Waals surface area contributed by atoms with Gasteiger partial charge in [0, 0.05) is 26.7 Å². The van der Waals surface area contributed by atoms with Crippen LogP contribution in [0.25, 0.3) is 0 Å². The highest BCUT2D eigenvalue weighted by Gasteiger charge is 2.12. The molecule has 0 aliphatic rings. The average Bonchev–Trinajstić information content (AvgIpc) is 3.13. The molecular weight excluding hydrogens is 680 g/mol. The predicted octanol–water partition coefficient (Wildman–Crippen LogP) is -2.54. The second kappa shape index (κ2) is 42.3. The van der Waals surface area contributed by atoms with Crippen LogP contribution in [-0.4, -0.2) is 215 Å². The monoisotopic (exact) mass is 744 g/mol. The summed E-state index contributed by atoms with van der Waals surface area (Å²) in [5.41, 5.74) is 5.31. The van der Waals surface area contributed by atoms with Crippen LogP contribution >= 0.6 is 0 Å². The van der Waals surface area contributed by atoms with E-state index in [2.05, 4.69) is 10.6 Å². The zero-order valence-corrected chi connectivity index (χ0v) is 30.5. The Morgan fingerprint density at radius 2 is 0.706 bits per heavy atom. The number of ether oxygens (including phenoxy) is 12. The number of carbonyl (C=O) groups is 3. The lowest BCUT2D eigenvalue weighted by Gasteiger charge is -2.16. The lowest BCUT2D eigenvalue weighted by molar-refractivity contribution is -0.132. The van der Waals surface area contributed by atoms with Gasteiger partial charge in [-0.15, -0.1) is 0 Å². The van der Waals surface area contributed by atoms with Crippen molar-refractivity contribution < 1.29 is 71.2 Å². The topological polar surface area (TPSA) is 215 Å². The normalized spacial score (nSPS) is 11.2. The molecule has 19 heteroatoms. The van der Waals surface area contributed by atoms with Crippen LogP contribution in [0.2, 0.25) is 0 Å². The largest absolute Gasteiger partial charge is 0.382 e. The van der Waals surface area contributed by atoms with Gasteiger partial charge in [0.2, 0.25) is 18.2 Å². The molecule has 19 nitrogen and oxygen atoms in total. The van der Waals surface area contributed by atoms with E-state index in [1.165, 1.54) is 0 Å². The van der Waals surface area contributed by atoms with Gasteiger partial charge in [0.15, 0.2) is 0 Å². The van der Waals surface area contributed by atoms with Crippen molar-refractivity contribution in [1.82, 2.24) is 15.5 Å². The molecule has 0 aromatic carbocycles. The minimum atomic E-state index is -0.391. The quantitative estimate of drug-likeness (QED) is 0.0433. The lowest BCUT2D eigenvalue weighted by atomic mass is 10.4. The van der Waals surface area contributed by atoms with E-state index in [9.17, 15) is 14.4 Å². The van der Waals surface area contributed by atoms with Gasteiger partial charge in [-0.3, -0.25) is 14.4 Å². The molecule has 0 fully saturated rings. The first-order valence-corrected chi connectivity index (χ1v) is 17.4. The molecule has 0 radical (unpaired) electrons. The summed E-state index contributed by atoms with van der Waals surface area (Å²) in [6.07, 6.45) is 0.449. The second-order valence-corrected chi connectivity index (χ2v) is 10.2. The maximum absolute atomic E-state index is 11.9. The van der Waals surface area contributed by atoms with Crippen molar-refractivity contribution in [1.29, 1.82) is 0 Å². The molecule has 0 spiro atoms. The van der Waals surface area contributed by atoms with E-state index >= 15 is 0 Å². The number of nitrogens with zero attached hydrogens (tertiary/aromatic N) is 1. The Balaban J connectivity index is 3.21. The Morgan fingerprint density at radius 3 is 0.961 bits per heavy atom. The van der Waals surface area contributed by atoms with Gasteiger partial charge in [0.1, 0.15) is 0 Å². The molecule has 0 bridgehead atoms. The molecule has 0 saturated heterocycles. The Kier molecular flexibility index (Phi) is 40.6. The first-order chi connectivity index (χ1) is 25.1. The summed E-state index contributed by atoms with van der Waals surface area (Å²) in [7, 11) is 1.64. The van der Waals surface area contributed by atoms with Crippen molar-refractivity contribution in [3.8, 4) is 0 Å². The third-order valence-electron chi connectivity index (χ3n) is 6.03. The highest BCUT2D eigenvalue weighted by atomic mass is 16.6. The van der Waals surface area contributed by atoms with Gasteiger partial charge in [0.25, 0.3) is 0 Å². The van der Waals surface area contributed by atoms with Gasteiger partial charge >= 0.3 is 0 Å².